The van der Waals surface area contributed by atoms with Gasteiger partial charge in [-0.1, -0.05) is 12.5 Å². The van der Waals surface area contributed by atoms with E-state index in [9.17, 15) is 0 Å². The van der Waals surface area contributed by atoms with E-state index in [1.165, 1.54) is 12.8 Å². The third kappa shape index (κ3) is 7.10. The molecular formula is C12H26N2. The van der Waals surface area contributed by atoms with Gasteiger partial charge in [0.25, 0.3) is 0 Å². The summed E-state index contributed by atoms with van der Waals surface area (Å²) in [5.74, 6) is 0. The Morgan fingerprint density at radius 1 is 1.29 bits per heavy atom. The van der Waals surface area contributed by atoms with Crippen LogP contribution in [0.1, 0.15) is 40.0 Å². The third-order valence-corrected chi connectivity index (χ3v) is 2.45. The fourth-order valence-corrected chi connectivity index (χ4v) is 1.51. The molecule has 0 saturated heterocycles. The van der Waals surface area contributed by atoms with Gasteiger partial charge in [0, 0.05) is 18.6 Å². The summed E-state index contributed by atoms with van der Waals surface area (Å²) in [6, 6.07) is 0.963. The Morgan fingerprint density at radius 3 is 2.36 bits per heavy atom. The van der Waals surface area contributed by atoms with Crippen LogP contribution in [0.25, 0.3) is 0 Å². The quantitative estimate of drug-likeness (QED) is 0.479. The van der Waals surface area contributed by atoms with Crippen LogP contribution in [0, 0.1) is 0 Å². The van der Waals surface area contributed by atoms with E-state index in [0.717, 1.165) is 19.5 Å². The molecule has 14 heavy (non-hydrogen) atoms. The first kappa shape index (κ1) is 13.7. The summed E-state index contributed by atoms with van der Waals surface area (Å²) in [6.45, 7) is 12.5. The zero-order valence-corrected chi connectivity index (χ0v) is 10.00. The molecule has 2 heteroatoms. The molecule has 0 aliphatic carbocycles. The fourth-order valence-electron chi connectivity index (χ4n) is 1.51. The Kier molecular flexibility index (Phi) is 7.81. The Bertz CT molecular complexity index is 141. The smallest absolute Gasteiger partial charge is 0.0163 e. The normalized spacial score (nSPS) is 13.6. The molecule has 0 heterocycles. The second-order valence-electron chi connectivity index (χ2n) is 4.35. The molecule has 0 saturated carbocycles. The highest BCUT2D eigenvalue weighted by Gasteiger charge is 2.06. The van der Waals surface area contributed by atoms with Crippen molar-refractivity contribution in [2.75, 3.05) is 13.1 Å². The average Bonchev–Trinajstić information content (AvgIpc) is 2.09. The maximum absolute atomic E-state index is 5.70. The van der Waals surface area contributed by atoms with Crippen LogP contribution in [0.2, 0.25) is 0 Å². The van der Waals surface area contributed by atoms with Crippen molar-refractivity contribution in [2.24, 2.45) is 5.73 Å². The SMILES string of the molecule is C=CCN(CCCCC(C)N)C(C)C. The first-order valence-electron chi connectivity index (χ1n) is 5.68. The van der Waals surface area contributed by atoms with Gasteiger partial charge in [0.1, 0.15) is 0 Å². The monoisotopic (exact) mass is 198 g/mol. The summed E-state index contributed by atoms with van der Waals surface area (Å²) < 4.78 is 0. The summed E-state index contributed by atoms with van der Waals surface area (Å²) in [5.41, 5.74) is 5.70. The van der Waals surface area contributed by atoms with E-state index in [-0.39, 0.29) is 0 Å². The molecule has 0 spiro atoms. The molecule has 0 aromatic heterocycles. The molecule has 0 aromatic rings. The summed E-state index contributed by atoms with van der Waals surface area (Å²) in [5, 5.41) is 0. The summed E-state index contributed by atoms with van der Waals surface area (Å²) in [4.78, 5) is 2.44. The number of hydrogen-bond donors (Lipinski definition) is 1. The number of rotatable bonds is 8. The predicted octanol–water partition coefficient (Wildman–Crippen LogP) is 2.40. The Balaban J connectivity index is 3.55. The van der Waals surface area contributed by atoms with E-state index >= 15 is 0 Å². The molecule has 2 nitrogen and oxygen atoms in total. The van der Waals surface area contributed by atoms with Gasteiger partial charge in [-0.05, 0) is 40.2 Å². The van der Waals surface area contributed by atoms with Crippen LogP contribution >= 0.6 is 0 Å². The highest BCUT2D eigenvalue weighted by Crippen LogP contribution is 2.04. The fraction of sp³-hybridized carbons (Fsp3) is 0.833. The molecule has 0 radical (unpaired) electrons. The van der Waals surface area contributed by atoms with Gasteiger partial charge in [0.15, 0.2) is 0 Å². The Hall–Kier alpha value is -0.340. The van der Waals surface area contributed by atoms with Gasteiger partial charge in [0.05, 0.1) is 0 Å². The zero-order valence-electron chi connectivity index (χ0n) is 10.00. The second-order valence-corrected chi connectivity index (χ2v) is 4.35. The lowest BCUT2D eigenvalue weighted by atomic mass is 10.1. The molecule has 0 aromatic carbocycles. The average molecular weight is 198 g/mol. The van der Waals surface area contributed by atoms with Crippen molar-refractivity contribution in [3.8, 4) is 0 Å². The van der Waals surface area contributed by atoms with Crippen LogP contribution < -0.4 is 5.73 Å². The molecule has 0 fully saturated rings. The maximum atomic E-state index is 5.70. The van der Waals surface area contributed by atoms with Gasteiger partial charge < -0.3 is 5.73 Å². The van der Waals surface area contributed by atoms with Crippen LogP contribution in [0.3, 0.4) is 0 Å². The van der Waals surface area contributed by atoms with Crippen molar-refractivity contribution in [3.63, 3.8) is 0 Å². The molecule has 0 rings (SSSR count). The lowest BCUT2D eigenvalue weighted by molar-refractivity contribution is 0.240. The van der Waals surface area contributed by atoms with Crippen molar-refractivity contribution in [1.82, 2.24) is 4.90 Å². The van der Waals surface area contributed by atoms with Gasteiger partial charge in [-0.15, -0.1) is 6.58 Å². The van der Waals surface area contributed by atoms with Gasteiger partial charge in [-0.2, -0.15) is 0 Å². The minimum atomic E-state index is 0.349. The molecule has 0 amide bonds. The minimum Gasteiger partial charge on any atom is -0.328 e. The van der Waals surface area contributed by atoms with Crippen molar-refractivity contribution in [1.29, 1.82) is 0 Å². The van der Waals surface area contributed by atoms with Crippen LogP contribution in [-0.2, 0) is 0 Å². The van der Waals surface area contributed by atoms with Crippen molar-refractivity contribution in [3.05, 3.63) is 12.7 Å². The van der Waals surface area contributed by atoms with E-state index in [1.54, 1.807) is 0 Å². The van der Waals surface area contributed by atoms with Gasteiger partial charge in [-0.25, -0.2) is 0 Å². The van der Waals surface area contributed by atoms with E-state index < -0.39 is 0 Å². The number of nitrogens with two attached hydrogens (primary N) is 1. The van der Waals surface area contributed by atoms with Crippen molar-refractivity contribution < 1.29 is 0 Å². The highest BCUT2D eigenvalue weighted by atomic mass is 15.1. The lowest BCUT2D eigenvalue weighted by Crippen LogP contribution is -2.32. The van der Waals surface area contributed by atoms with Crippen LogP contribution in [0.15, 0.2) is 12.7 Å². The van der Waals surface area contributed by atoms with E-state index in [0.29, 0.717) is 12.1 Å². The molecular weight excluding hydrogens is 172 g/mol. The Morgan fingerprint density at radius 2 is 1.93 bits per heavy atom. The molecule has 1 unspecified atom stereocenters. The second kappa shape index (κ2) is 8.01. The molecule has 84 valence electrons. The maximum Gasteiger partial charge on any atom is 0.0163 e. The predicted molar refractivity (Wildman–Crippen MR) is 64.4 cm³/mol. The molecule has 1 atom stereocenters. The van der Waals surface area contributed by atoms with Gasteiger partial charge >= 0.3 is 0 Å². The summed E-state index contributed by atoms with van der Waals surface area (Å²) in [7, 11) is 0. The topological polar surface area (TPSA) is 29.3 Å². The molecule has 0 aliphatic heterocycles. The van der Waals surface area contributed by atoms with Gasteiger partial charge in [0.2, 0.25) is 0 Å². The van der Waals surface area contributed by atoms with Crippen molar-refractivity contribution >= 4 is 0 Å². The third-order valence-electron chi connectivity index (χ3n) is 2.45. The minimum absolute atomic E-state index is 0.349. The first-order valence-corrected chi connectivity index (χ1v) is 5.68. The van der Waals surface area contributed by atoms with E-state index in [2.05, 4.69) is 32.3 Å². The summed E-state index contributed by atoms with van der Waals surface area (Å²) >= 11 is 0. The first-order chi connectivity index (χ1) is 6.57. The van der Waals surface area contributed by atoms with Crippen molar-refractivity contribution in [2.45, 2.75) is 52.1 Å². The molecule has 0 bridgehead atoms. The number of unbranched alkanes of at least 4 members (excludes halogenated alkanes) is 1. The van der Waals surface area contributed by atoms with Crippen LogP contribution in [0.5, 0.6) is 0 Å². The lowest BCUT2D eigenvalue weighted by Gasteiger charge is -2.24. The van der Waals surface area contributed by atoms with Crippen LogP contribution in [-0.4, -0.2) is 30.1 Å². The van der Waals surface area contributed by atoms with E-state index in [1.807, 2.05) is 6.08 Å². The molecule has 0 aliphatic rings. The highest BCUT2D eigenvalue weighted by molar-refractivity contribution is 4.75. The van der Waals surface area contributed by atoms with Crippen LogP contribution in [0.4, 0.5) is 0 Å². The zero-order chi connectivity index (χ0) is 11.0. The number of nitrogens with zero attached hydrogens (tertiary/aromatic N) is 1. The number of hydrogen-bond acceptors (Lipinski definition) is 2. The molecule has 2 N–H and O–H groups in total. The van der Waals surface area contributed by atoms with E-state index in [4.69, 9.17) is 5.73 Å². The van der Waals surface area contributed by atoms with Gasteiger partial charge in [-0.3, -0.25) is 4.90 Å². The Labute approximate surface area is 89.2 Å². The largest absolute Gasteiger partial charge is 0.328 e. The standard InChI is InChI=1S/C12H26N2/c1-5-9-14(11(2)3)10-7-6-8-12(4)13/h5,11-12H,1,6-10,13H2,2-4H3. The summed E-state index contributed by atoms with van der Waals surface area (Å²) in [6.07, 6.45) is 5.59.